The predicted molar refractivity (Wildman–Crippen MR) is 166 cm³/mol. The van der Waals surface area contributed by atoms with Gasteiger partial charge in [-0.05, 0) is 102 Å². The lowest BCUT2D eigenvalue weighted by Gasteiger charge is -2.07. The summed E-state index contributed by atoms with van der Waals surface area (Å²) < 4.78 is 22.7. The number of carboxylic acid groups (broad SMARTS) is 2. The van der Waals surface area contributed by atoms with Crippen LogP contribution in [0.1, 0.15) is 49.3 Å². The maximum absolute atomic E-state index is 10.9. The number of hydrogen-bond donors (Lipinski definition) is 3. The average Bonchev–Trinajstić information content (AvgIpc) is 3.58. The second kappa shape index (κ2) is 14.6. The Morgan fingerprint density at radius 1 is 0.674 bits per heavy atom. The SMILES string of the molecule is Cc1oc(C(=O)O)cc1COc1ccc(-c2ccc(CO)cc2)cc1.Cc1oc(C(=O)O)cc1COc1ccc(I)cc1. The Morgan fingerprint density at radius 2 is 1.07 bits per heavy atom. The first kappa shape index (κ1) is 31.4. The lowest BCUT2D eigenvalue weighted by Crippen LogP contribution is -1.96. The maximum atomic E-state index is 10.9. The standard InChI is InChI=1S/C20H18O5.C13H11IO4/c1-13-17(10-19(25-13)20(22)23)12-24-18-8-6-16(7-9-18)15-4-2-14(11-21)3-5-15;1-8-9(6-12(18-8)13(15)16)7-17-11-4-2-10(14)3-5-11/h2-10,21H,11-12H2,1H3,(H,22,23);2-6H,7H2,1H3,(H,15,16). The summed E-state index contributed by atoms with van der Waals surface area (Å²) in [5.74, 6) is 0.230. The summed E-state index contributed by atoms with van der Waals surface area (Å²) in [5.41, 5.74) is 4.43. The highest BCUT2D eigenvalue weighted by Gasteiger charge is 2.14. The molecule has 0 bridgehead atoms. The lowest BCUT2D eigenvalue weighted by atomic mass is 10.0. The molecule has 9 nitrogen and oxygen atoms in total. The third kappa shape index (κ3) is 8.72. The van der Waals surface area contributed by atoms with Crippen LogP contribution in [0.3, 0.4) is 0 Å². The lowest BCUT2D eigenvalue weighted by molar-refractivity contribution is 0.0651. The van der Waals surface area contributed by atoms with E-state index in [1.54, 1.807) is 13.8 Å². The fourth-order valence-corrected chi connectivity index (χ4v) is 4.30. The van der Waals surface area contributed by atoms with Gasteiger partial charge in [0.05, 0.1) is 6.61 Å². The molecular weight excluding hydrogens is 667 g/mol. The molecule has 5 aromatic rings. The van der Waals surface area contributed by atoms with Crippen LogP contribution in [0.4, 0.5) is 0 Å². The van der Waals surface area contributed by atoms with E-state index in [-0.39, 0.29) is 24.7 Å². The van der Waals surface area contributed by atoms with Crippen molar-refractivity contribution in [3.8, 4) is 22.6 Å². The van der Waals surface area contributed by atoms with Crippen molar-refractivity contribution in [2.45, 2.75) is 33.7 Å². The number of benzene rings is 3. The van der Waals surface area contributed by atoms with Gasteiger partial charge in [0.1, 0.15) is 36.2 Å². The summed E-state index contributed by atoms with van der Waals surface area (Å²) in [6.07, 6.45) is 0. The van der Waals surface area contributed by atoms with Gasteiger partial charge in [0.25, 0.3) is 0 Å². The molecule has 0 aliphatic rings. The van der Waals surface area contributed by atoms with E-state index in [0.29, 0.717) is 29.4 Å². The summed E-state index contributed by atoms with van der Waals surface area (Å²) in [6, 6.07) is 25.9. The van der Waals surface area contributed by atoms with E-state index in [2.05, 4.69) is 22.6 Å². The van der Waals surface area contributed by atoms with Crippen LogP contribution in [0.15, 0.2) is 93.8 Å². The van der Waals surface area contributed by atoms with E-state index in [1.165, 1.54) is 12.1 Å². The number of aryl methyl sites for hydroxylation is 2. The molecule has 10 heteroatoms. The van der Waals surface area contributed by atoms with Crippen molar-refractivity contribution >= 4 is 34.5 Å². The smallest absolute Gasteiger partial charge is 0.371 e. The van der Waals surface area contributed by atoms with E-state index in [9.17, 15) is 9.59 Å². The Kier molecular flexibility index (Phi) is 10.6. The topological polar surface area (TPSA) is 140 Å². The van der Waals surface area contributed by atoms with Crippen molar-refractivity contribution in [3.05, 3.63) is 128 Å². The molecule has 222 valence electrons. The third-order valence-electron chi connectivity index (χ3n) is 6.39. The van der Waals surface area contributed by atoms with E-state index in [0.717, 1.165) is 31.6 Å². The molecule has 0 aliphatic heterocycles. The van der Waals surface area contributed by atoms with Gasteiger partial charge in [0.15, 0.2) is 0 Å². The van der Waals surface area contributed by atoms with Crippen LogP contribution in [0.5, 0.6) is 11.5 Å². The molecule has 0 unspecified atom stereocenters. The monoisotopic (exact) mass is 696 g/mol. The van der Waals surface area contributed by atoms with Crippen LogP contribution in [0.2, 0.25) is 0 Å². The van der Waals surface area contributed by atoms with Gasteiger partial charge in [0.2, 0.25) is 11.5 Å². The minimum atomic E-state index is -1.09. The Balaban J connectivity index is 0.000000208. The number of hydrogen-bond acceptors (Lipinski definition) is 7. The number of rotatable bonds is 10. The van der Waals surface area contributed by atoms with E-state index < -0.39 is 11.9 Å². The summed E-state index contributed by atoms with van der Waals surface area (Å²) >= 11 is 2.22. The molecule has 0 aliphatic carbocycles. The zero-order chi connectivity index (χ0) is 30.9. The van der Waals surface area contributed by atoms with Gasteiger partial charge in [-0.25, -0.2) is 9.59 Å². The first-order chi connectivity index (χ1) is 20.6. The second-order valence-corrected chi connectivity index (χ2v) is 10.7. The molecule has 5 rings (SSSR count). The van der Waals surface area contributed by atoms with Crippen LogP contribution < -0.4 is 9.47 Å². The minimum absolute atomic E-state index is 0.0318. The second-order valence-electron chi connectivity index (χ2n) is 9.41. The quantitative estimate of drug-likeness (QED) is 0.127. The largest absolute Gasteiger partial charge is 0.489 e. The minimum Gasteiger partial charge on any atom is -0.489 e. The van der Waals surface area contributed by atoms with Gasteiger partial charge < -0.3 is 33.6 Å². The van der Waals surface area contributed by atoms with E-state index in [1.807, 2.05) is 72.8 Å². The number of carbonyl (C=O) groups is 2. The Hall–Kier alpha value is -4.55. The van der Waals surface area contributed by atoms with Crippen LogP contribution in [-0.4, -0.2) is 27.3 Å². The molecule has 0 spiro atoms. The molecule has 0 saturated carbocycles. The molecule has 0 radical (unpaired) electrons. The molecule has 2 aromatic heterocycles. The number of aliphatic hydroxyl groups excluding tert-OH is 1. The van der Waals surface area contributed by atoms with Crippen molar-refractivity contribution in [3.63, 3.8) is 0 Å². The number of carboxylic acids is 2. The van der Waals surface area contributed by atoms with E-state index in [4.69, 9.17) is 33.6 Å². The normalized spacial score (nSPS) is 10.5. The van der Waals surface area contributed by atoms with Crippen molar-refractivity contribution in [1.29, 1.82) is 0 Å². The third-order valence-corrected chi connectivity index (χ3v) is 7.11. The van der Waals surface area contributed by atoms with Crippen molar-refractivity contribution in [1.82, 2.24) is 0 Å². The predicted octanol–water partition coefficient (Wildman–Crippen LogP) is 7.49. The van der Waals surface area contributed by atoms with Gasteiger partial charge in [-0.1, -0.05) is 36.4 Å². The fraction of sp³-hybridized carbons (Fsp3) is 0.152. The Labute approximate surface area is 261 Å². The van der Waals surface area contributed by atoms with Crippen molar-refractivity contribution < 1.29 is 43.2 Å². The summed E-state index contributed by atoms with van der Waals surface area (Å²) in [7, 11) is 0. The number of aromatic carboxylic acids is 2. The van der Waals surface area contributed by atoms with Gasteiger partial charge in [0, 0.05) is 14.7 Å². The molecule has 0 amide bonds. The molecule has 3 aromatic carbocycles. The average molecular weight is 696 g/mol. The molecule has 0 atom stereocenters. The summed E-state index contributed by atoms with van der Waals surface area (Å²) in [6.45, 7) is 4.00. The van der Waals surface area contributed by atoms with Crippen LogP contribution in [0, 0.1) is 17.4 Å². The number of ether oxygens (including phenoxy) is 2. The molecular formula is C33H29IO9. The number of halogens is 1. The Bertz CT molecular complexity index is 1670. The van der Waals surface area contributed by atoms with Crippen LogP contribution in [0.25, 0.3) is 11.1 Å². The zero-order valence-electron chi connectivity index (χ0n) is 23.4. The van der Waals surface area contributed by atoms with Crippen molar-refractivity contribution in [2.24, 2.45) is 0 Å². The molecule has 43 heavy (non-hydrogen) atoms. The molecule has 0 fully saturated rings. The highest BCUT2D eigenvalue weighted by Crippen LogP contribution is 2.24. The summed E-state index contributed by atoms with van der Waals surface area (Å²) in [4.78, 5) is 21.6. The first-order valence-corrected chi connectivity index (χ1v) is 14.2. The van der Waals surface area contributed by atoms with Crippen LogP contribution >= 0.6 is 22.6 Å². The maximum Gasteiger partial charge on any atom is 0.371 e. The van der Waals surface area contributed by atoms with Gasteiger partial charge in [-0.3, -0.25) is 0 Å². The molecule has 2 heterocycles. The number of aliphatic hydroxyl groups is 1. The van der Waals surface area contributed by atoms with E-state index >= 15 is 0 Å². The molecule has 3 N–H and O–H groups in total. The fourth-order valence-electron chi connectivity index (χ4n) is 3.94. The van der Waals surface area contributed by atoms with Gasteiger partial charge in [-0.2, -0.15) is 0 Å². The number of furan rings is 2. The van der Waals surface area contributed by atoms with Crippen molar-refractivity contribution in [2.75, 3.05) is 0 Å². The summed E-state index contributed by atoms with van der Waals surface area (Å²) in [5, 5.41) is 26.8. The van der Waals surface area contributed by atoms with Gasteiger partial charge >= 0.3 is 11.9 Å². The Morgan fingerprint density at radius 3 is 1.44 bits per heavy atom. The highest BCUT2D eigenvalue weighted by molar-refractivity contribution is 14.1. The van der Waals surface area contributed by atoms with Gasteiger partial charge in [-0.15, -0.1) is 0 Å². The molecule has 0 saturated heterocycles. The van der Waals surface area contributed by atoms with Crippen LogP contribution in [-0.2, 0) is 19.8 Å². The first-order valence-electron chi connectivity index (χ1n) is 13.1. The highest BCUT2D eigenvalue weighted by atomic mass is 127. The zero-order valence-corrected chi connectivity index (χ0v) is 25.5.